The van der Waals surface area contributed by atoms with E-state index in [9.17, 15) is 4.79 Å². The number of carbonyl (C=O) groups excluding carboxylic acids is 1. The van der Waals surface area contributed by atoms with Crippen molar-refractivity contribution in [1.82, 2.24) is 4.90 Å². The molecule has 0 fully saturated rings. The summed E-state index contributed by atoms with van der Waals surface area (Å²) >= 11 is 6.26. The lowest BCUT2D eigenvalue weighted by Crippen LogP contribution is -2.30. The van der Waals surface area contributed by atoms with Crippen molar-refractivity contribution in [1.29, 1.82) is 0 Å². The fourth-order valence-electron chi connectivity index (χ4n) is 3.52. The number of amides is 1. The second-order valence-electron chi connectivity index (χ2n) is 6.15. The molecule has 4 nitrogen and oxygen atoms in total. The Labute approximate surface area is 145 Å². The van der Waals surface area contributed by atoms with Gasteiger partial charge in [0, 0.05) is 12.6 Å². The second-order valence-corrected chi connectivity index (χ2v) is 6.56. The summed E-state index contributed by atoms with van der Waals surface area (Å²) in [4.78, 5) is 14.7. The first-order valence-electron chi connectivity index (χ1n) is 8.09. The molecule has 0 bridgehead atoms. The van der Waals surface area contributed by atoms with Crippen LogP contribution in [0.25, 0.3) is 0 Å². The minimum Gasteiger partial charge on any atom is -0.486 e. The second kappa shape index (κ2) is 6.02. The SMILES string of the molecule is CN(C(=O)c1cc(Cl)c2c(c1)OCCO2)C1CCc2ccccc21. The van der Waals surface area contributed by atoms with Gasteiger partial charge in [0.2, 0.25) is 0 Å². The summed E-state index contributed by atoms with van der Waals surface area (Å²) in [6.45, 7) is 0.936. The molecule has 1 atom stereocenters. The predicted molar refractivity (Wildman–Crippen MR) is 92.0 cm³/mol. The maximum atomic E-state index is 13.0. The van der Waals surface area contributed by atoms with Crippen molar-refractivity contribution < 1.29 is 14.3 Å². The molecule has 124 valence electrons. The highest BCUT2D eigenvalue weighted by Crippen LogP contribution is 2.40. The molecular formula is C19H18ClNO3. The Morgan fingerprint density at radius 2 is 2.00 bits per heavy atom. The van der Waals surface area contributed by atoms with E-state index in [1.807, 2.05) is 19.2 Å². The lowest BCUT2D eigenvalue weighted by atomic mass is 10.1. The zero-order valence-electron chi connectivity index (χ0n) is 13.4. The number of rotatable bonds is 2. The molecule has 24 heavy (non-hydrogen) atoms. The first-order chi connectivity index (χ1) is 11.6. The zero-order valence-corrected chi connectivity index (χ0v) is 14.2. The summed E-state index contributed by atoms with van der Waals surface area (Å²) < 4.78 is 11.1. The summed E-state index contributed by atoms with van der Waals surface area (Å²) in [5, 5.41) is 0.413. The molecule has 2 aromatic carbocycles. The van der Waals surface area contributed by atoms with E-state index in [-0.39, 0.29) is 11.9 Å². The highest BCUT2D eigenvalue weighted by atomic mass is 35.5. The third kappa shape index (κ3) is 2.51. The van der Waals surface area contributed by atoms with E-state index in [1.165, 1.54) is 11.1 Å². The maximum Gasteiger partial charge on any atom is 0.254 e. The number of aryl methyl sites for hydroxylation is 1. The Bertz CT molecular complexity index is 805. The van der Waals surface area contributed by atoms with Gasteiger partial charge in [-0.1, -0.05) is 35.9 Å². The van der Waals surface area contributed by atoms with E-state index >= 15 is 0 Å². The van der Waals surface area contributed by atoms with Gasteiger partial charge < -0.3 is 14.4 Å². The van der Waals surface area contributed by atoms with Crippen molar-refractivity contribution in [2.24, 2.45) is 0 Å². The van der Waals surface area contributed by atoms with Crippen molar-refractivity contribution in [3.05, 3.63) is 58.1 Å². The fourth-order valence-corrected chi connectivity index (χ4v) is 3.78. The van der Waals surface area contributed by atoms with E-state index in [0.717, 1.165) is 12.8 Å². The summed E-state index contributed by atoms with van der Waals surface area (Å²) in [6, 6.07) is 11.8. The van der Waals surface area contributed by atoms with Crippen molar-refractivity contribution in [3.63, 3.8) is 0 Å². The number of hydrogen-bond donors (Lipinski definition) is 0. The molecule has 1 amide bonds. The molecule has 0 saturated carbocycles. The van der Waals surface area contributed by atoms with Crippen LogP contribution in [-0.4, -0.2) is 31.1 Å². The number of halogens is 1. The van der Waals surface area contributed by atoms with E-state index in [1.54, 1.807) is 17.0 Å². The van der Waals surface area contributed by atoms with Gasteiger partial charge in [0.05, 0.1) is 11.1 Å². The van der Waals surface area contributed by atoms with E-state index in [2.05, 4.69) is 12.1 Å². The van der Waals surface area contributed by atoms with Crippen molar-refractivity contribution in [3.8, 4) is 11.5 Å². The van der Waals surface area contributed by atoms with Crippen LogP contribution in [0.3, 0.4) is 0 Å². The maximum absolute atomic E-state index is 13.0. The largest absolute Gasteiger partial charge is 0.486 e. The molecule has 0 saturated heterocycles. The van der Waals surface area contributed by atoms with Crippen LogP contribution in [-0.2, 0) is 6.42 Å². The van der Waals surface area contributed by atoms with E-state index in [4.69, 9.17) is 21.1 Å². The first-order valence-corrected chi connectivity index (χ1v) is 8.47. The minimum absolute atomic E-state index is 0.0597. The van der Waals surface area contributed by atoms with E-state index < -0.39 is 0 Å². The van der Waals surface area contributed by atoms with Gasteiger partial charge in [-0.15, -0.1) is 0 Å². The zero-order chi connectivity index (χ0) is 16.7. The summed E-state index contributed by atoms with van der Waals surface area (Å²) in [6.07, 6.45) is 1.94. The molecule has 4 rings (SSSR count). The third-order valence-corrected chi connectivity index (χ3v) is 5.01. The fraction of sp³-hybridized carbons (Fsp3) is 0.316. The Balaban J connectivity index is 1.63. The third-order valence-electron chi connectivity index (χ3n) is 4.73. The van der Waals surface area contributed by atoms with Gasteiger partial charge in [-0.05, 0) is 36.1 Å². The number of hydrogen-bond acceptors (Lipinski definition) is 3. The lowest BCUT2D eigenvalue weighted by Gasteiger charge is -2.26. The molecule has 0 aromatic heterocycles. The van der Waals surface area contributed by atoms with Gasteiger partial charge in [0.15, 0.2) is 11.5 Å². The Morgan fingerprint density at radius 3 is 2.88 bits per heavy atom. The van der Waals surface area contributed by atoms with Gasteiger partial charge in [-0.25, -0.2) is 0 Å². The lowest BCUT2D eigenvalue weighted by molar-refractivity contribution is 0.0729. The summed E-state index contributed by atoms with van der Waals surface area (Å²) in [7, 11) is 1.85. The highest BCUT2D eigenvalue weighted by Gasteiger charge is 2.30. The Kier molecular flexibility index (Phi) is 3.85. The topological polar surface area (TPSA) is 38.8 Å². The molecule has 1 aliphatic carbocycles. The molecule has 2 aliphatic rings. The van der Waals surface area contributed by atoms with Crippen molar-refractivity contribution in [2.45, 2.75) is 18.9 Å². The Hall–Kier alpha value is -2.20. The number of carbonyl (C=O) groups is 1. The normalized spacial score (nSPS) is 18.2. The van der Waals surface area contributed by atoms with E-state index in [0.29, 0.717) is 35.3 Å². The molecular weight excluding hydrogens is 326 g/mol. The van der Waals surface area contributed by atoms with Crippen molar-refractivity contribution in [2.75, 3.05) is 20.3 Å². The van der Waals surface area contributed by atoms with Crippen LogP contribution in [0.5, 0.6) is 11.5 Å². The van der Waals surface area contributed by atoms with Crippen LogP contribution < -0.4 is 9.47 Å². The van der Waals surface area contributed by atoms with Crippen LogP contribution >= 0.6 is 11.6 Å². The Morgan fingerprint density at radius 1 is 1.21 bits per heavy atom. The molecule has 1 unspecified atom stereocenters. The van der Waals surface area contributed by atoms with Crippen LogP contribution in [0.2, 0.25) is 5.02 Å². The van der Waals surface area contributed by atoms with Gasteiger partial charge in [0.1, 0.15) is 13.2 Å². The van der Waals surface area contributed by atoms with Gasteiger partial charge in [-0.2, -0.15) is 0 Å². The van der Waals surface area contributed by atoms with Gasteiger partial charge in [-0.3, -0.25) is 4.79 Å². The molecule has 5 heteroatoms. The van der Waals surface area contributed by atoms with Gasteiger partial charge in [0.25, 0.3) is 5.91 Å². The molecule has 2 aromatic rings. The van der Waals surface area contributed by atoms with Gasteiger partial charge >= 0.3 is 0 Å². The predicted octanol–water partition coefficient (Wildman–Crippen LogP) is 3.87. The molecule has 0 radical (unpaired) electrons. The molecule has 0 spiro atoms. The first kappa shape index (κ1) is 15.3. The molecule has 1 aliphatic heterocycles. The molecule has 0 N–H and O–H groups in total. The van der Waals surface area contributed by atoms with Crippen LogP contribution in [0.1, 0.15) is 33.9 Å². The van der Waals surface area contributed by atoms with Crippen LogP contribution in [0.15, 0.2) is 36.4 Å². The summed E-state index contributed by atoms with van der Waals surface area (Å²) in [5.41, 5.74) is 3.08. The standard InChI is InChI=1S/C19H18ClNO3/c1-21(16-7-6-12-4-2-3-5-14(12)16)19(22)13-10-15(20)18-17(11-13)23-8-9-24-18/h2-5,10-11,16H,6-9H2,1H3. The minimum atomic E-state index is -0.0597. The number of nitrogens with zero attached hydrogens (tertiary/aromatic N) is 1. The average molecular weight is 344 g/mol. The number of ether oxygens (including phenoxy) is 2. The monoisotopic (exact) mass is 343 g/mol. The number of benzene rings is 2. The van der Waals surface area contributed by atoms with Crippen molar-refractivity contribution >= 4 is 17.5 Å². The van der Waals surface area contributed by atoms with Crippen LogP contribution in [0, 0.1) is 0 Å². The quantitative estimate of drug-likeness (QED) is 0.830. The van der Waals surface area contributed by atoms with Crippen LogP contribution in [0.4, 0.5) is 0 Å². The summed E-state index contributed by atoms with van der Waals surface area (Å²) in [5.74, 6) is 1.00. The average Bonchev–Trinajstić information content (AvgIpc) is 3.04. The smallest absolute Gasteiger partial charge is 0.254 e. The number of fused-ring (bicyclic) bond motifs is 2. The molecule has 1 heterocycles. The highest BCUT2D eigenvalue weighted by molar-refractivity contribution is 6.32.